The molecule has 1 aliphatic rings. The van der Waals surface area contributed by atoms with Gasteiger partial charge in [0.25, 0.3) is 0 Å². The first-order valence-corrected chi connectivity index (χ1v) is 12.6. The number of hydrogen-bond acceptors (Lipinski definition) is 2. The molecule has 1 aromatic carbocycles. The van der Waals surface area contributed by atoms with E-state index < -0.39 is 0 Å². The van der Waals surface area contributed by atoms with Crippen molar-refractivity contribution in [3.05, 3.63) is 54.1 Å². The molecule has 0 unspecified atom stereocenters. The maximum Gasteiger partial charge on any atom is 0.122 e. The quantitative estimate of drug-likeness (QED) is 0.380. The first-order valence-electron chi connectivity index (χ1n) is 9.86. The topological polar surface area (TPSA) is 18.5 Å². The van der Waals surface area contributed by atoms with Crippen molar-refractivity contribution in [3.8, 4) is 5.75 Å². The van der Waals surface area contributed by atoms with Gasteiger partial charge in [-0.25, -0.2) is 0 Å². The van der Waals surface area contributed by atoms with Crippen molar-refractivity contribution in [1.82, 2.24) is 0 Å². The Morgan fingerprint density at radius 1 is 1.23 bits per heavy atom. The molecular formula is C23H35O2Si. The number of ether oxygens (including phenoxy) is 2. The molecule has 1 fully saturated rings. The molecular weight excluding hydrogens is 336 g/mol. The number of benzene rings is 1. The van der Waals surface area contributed by atoms with Crippen LogP contribution in [0.25, 0.3) is 0 Å². The van der Waals surface area contributed by atoms with Gasteiger partial charge in [-0.15, -0.1) is 6.58 Å². The number of allylic oxidation sites excluding steroid dienone is 1. The highest BCUT2D eigenvalue weighted by molar-refractivity contribution is 6.56. The SMILES string of the molecule is C=C[C@H]1CC[C@@H](/C=C/C[Si](C)C)[C@@H]1OCc1ccc(OC(C)C)c(C)c1. The van der Waals surface area contributed by atoms with Crippen molar-refractivity contribution in [1.29, 1.82) is 0 Å². The van der Waals surface area contributed by atoms with Crippen LogP contribution in [0.3, 0.4) is 0 Å². The van der Waals surface area contributed by atoms with Crippen LogP contribution in [0.5, 0.6) is 5.75 Å². The van der Waals surface area contributed by atoms with Crippen LogP contribution < -0.4 is 4.74 Å². The predicted octanol–water partition coefficient (Wildman–Crippen LogP) is 6.19. The van der Waals surface area contributed by atoms with Gasteiger partial charge in [-0.05, 0) is 56.9 Å². The summed E-state index contributed by atoms with van der Waals surface area (Å²) in [4.78, 5) is 0. The monoisotopic (exact) mass is 371 g/mol. The van der Waals surface area contributed by atoms with Crippen molar-refractivity contribution in [2.75, 3.05) is 0 Å². The second-order valence-corrected chi connectivity index (χ2v) is 10.8. The van der Waals surface area contributed by atoms with Crippen LogP contribution in [0, 0.1) is 18.8 Å². The molecule has 0 amide bonds. The minimum atomic E-state index is -0.194. The van der Waals surface area contributed by atoms with Crippen LogP contribution in [0.15, 0.2) is 43.0 Å². The molecule has 0 bridgehead atoms. The van der Waals surface area contributed by atoms with Gasteiger partial charge in [-0.2, -0.15) is 0 Å². The summed E-state index contributed by atoms with van der Waals surface area (Å²) >= 11 is 0. The summed E-state index contributed by atoms with van der Waals surface area (Å²) in [5.74, 6) is 1.94. The summed E-state index contributed by atoms with van der Waals surface area (Å²) in [7, 11) is -0.194. The van der Waals surface area contributed by atoms with Crippen molar-refractivity contribution >= 4 is 8.80 Å². The lowest BCUT2D eigenvalue weighted by atomic mass is 10.00. The number of aryl methyl sites for hydroxylation is 1. The van der Waals surface area contributed by atoms with Gasteiger partial charge in [0.05, 0.1) is 18.8 Å². The molecule has 1 saturated carbocycles. The Kier molecular flexibility index (Phi) is 8.17. The van der Waals surface area contributed by atoms with E-state index in [1.165, 1.54) is 30.0 Å². The minimum Gasteiger partial charge on any atom is -0.491 e. The zero-order valence-electron chi connectivity index (χ0n) is 17.1. The zero-order chi connectivity index (χ0) is 19.1. The molecule has 1 aromatic rings. The molecule has 2 nitrogen and oxygen atoms in total. The molecule has 0 N–H and O–H groups in total. The van der Waals surface area contributed by atoms with Gasteiger partial charge in [0.1, 0.15) is 5.75 Å². The van der Waals surface area contributed by atoms with E-state index >= 15 is 0 Å². The van der Waals surface area contributed by atoms with Gasteiger partial charge in [0, 0.05) is 20.6 Å². The van der Waals surface area contributed by atoms with Crippen molar-refractivity contribution in [3.63, 3.8) is 0 Å². The van der Waals surface area contributed by atoms with Crippen molar-refractivity contribution in [2.24, 2.45) is 11.8 Å². The molecule has 1 aliphatic carbocycles. The summed E-state index contributed by atoms with van der Waals surface area (Å²) in [5.41, 5.74) is 2.38. The second kappa shape index (κ2) is 10.1. The predicted molar refractivity (Wildman–Crippen MR) is 113 cm³/mol. The van der Waals surface area contributed by atoms with Gasteiger partial charge >= 0.3 is 0 Å². The summed E-state index contributed by atoms with van der Waals surface area (Å²) in [6.45, 7) is 15.6. The minimum absolute atomic E-state index is 0.194. The molecule has 0 spiro atoms. The molecule has 0 saturated heterocycles. The maximum atomic E-state index is 6.38. The van der Waals surface area contributed by atoms with Gasteiger partial charge < -0.3 is 9.47 Å². The van der Waals surface area contributed by atoms with Crippen LogP contribution in [0.2, 0.25) is 19.1 Å². The van der Waals surface area contributed by atoms with E-state index in [1.807, 2.05) is 0 Å². The smallest absolute Gasteiger partial charge is 0.122 e. The normalized spacial score (nSPS) is 23.3. The molecule has 26 heavy (non-hydrogen) atoms. The fraction of sp³-hybridized carbons (Fsp3) is 0.565. The Hall–Kier alpha value is -1.32. The molecule has 3 heteroatoms. The van der Waals surface area contributed by atoms with E-state index in [2.05, 4.69) is 76.9 Å². The average molecular weight is 372 g/mol. The number of hydrogen-bond donors (Lipinski definition) is 0. The summed E-state index contributed by atoms with van der Waals surface area (Å²) in [6, 6.07) is 7.61. The average Bonchev–Trinajstić information content (AvgIpc) is 2.96. The van der Waals surface area contributed by atoms with Gasteiger partial charge in [-0.1, -0.05) is 43.5 Å². The molecule has 3 atom stereocenters. The lowest BCUT2D eigenvalue weighted by Crippen LogP contribution is -2.23. The Bertz CT molecular complexity index is 606. The number of rotatable bonds is 9. The van der Waals surface area contributed by atoms with Gasteiger partial charge in [-0.3, -0.25) is 0 Å². The largest absolute Gasteiger partial charge is 0.491 e. The fourth-order valence-corrected chi connectivity index (χ4v) is 4.20. The Morgan fingerprint density at radius 3 is 2.58 bits per heavy atom. The molecule has 0 aliphatic heterocycles. The second-order valence-electron chi connectivity index (χ2n) is 8.02. The molecule has 2 rings (SSSR count). The van der Waals surface area contributed by atoms with Crippen LogP contribution in [-0.2, 0) is 11.3 Å². The third-order valence-corrected chi connectivity index (χ3v) is 5.99. The Morgan fingerprint density at radius 2 is 1.96 bits per heavy atom. The molecule has 1 radical (unpaired) electrons. The van der Waals surface area contributed by atoms with E-state index in [0.29, 0.717) is 18.4 Å². The Labute approximate surface area is 161 Å². The van der Waals surface area contributed by atoms with E-state index in [4.69, 9.17) is 9.47 Å². The fourth-order valence-electron chi connectivity index (χ4n) is 3.59. The van der Waals surface area contributed by atoms with Crippen LogP contribution in [-0.4, -0.2) is 21.0 Å². The first kappa shape index (κ1) is 21.0. The third-order valence-electron chi connectivity index (χ3n) is 4.93. The summed E-state index contributed by atoms with van der Waals surface area (Å²) in [5, 5.41) is 0. The van der Waals surface area contributed by atoms with Gasteiger partial charge in [0.15, 0.2) is 0 Å². The zero-order valence-corrected chi connectivity index (χ0v) is 18.1. The highest BCUT2D eigenvalue weighted by atomic mass is 28.3. The van der Waals surface area contributed by atoms with E-state index in [-0.39, 0.29) is 21.0 Å². The third kappa shape index (κ3) is 6.13. The maximum absolute atomic E-state index is 6.38. The van der Waals surface area contributed by atoms with Gasteiger partial charge in [0.2, 0.25) is 0 Å². The van der Waals surface area contributed by atoms with Crippen molar-refractivity contribution in [2.45, 2.75) is 71.6 Å². The highest BCUT2D eigenvalue weighted by Gasteiger charge is 2.33. The highest BCUT2D eigenvalue weighted by Crippen LogP contribution is 2.36. The first-order chi connectivity index (χ1) is 12.4. The van der Waals surface area contributed by atoms with Crippen molar-refractivity contribution < 1.29 is 9.47 Å². The van der Waals surface area contributed by atoms with E-state index in [0.717, 1.165) is 5.75 Å². The lowest BCUT2D eigenvalue weighted by molar-refractivity contribution is 0.00977. The van der Waals surface area contributed by atoms with E-state index in [1.54, 1.807) is 0 Å². The summed E-state index contributed by atoms with van der Waals surface area (Å²) in [6.07, 6.45) is 9.69. The van der Waals surface area contributed by atoms with Crippen LogP contribution >= 0.6 is 0 Å². The molecule has 0 aromatic heterocycles. The standard InChI is InChI=1S/C23H35O2Si/c1-7-20-11-12-21(9-8-14-26(5)6)23(20)24-16-19-10-13-22(18(4)15-19)25-17(2)3/h7-10,13,15,17,20-21,23H,1,11-12,14,16H2,2-6H3/b9-8+/t20-,21+,23+/m0/s1. The van der Waals surface area contributed by atoms with Crippen LogP contribution in [0.1, 0.15) is 37.8 Å². The van der Waals surface area contributed by atoms with Crippen LogP contribution in [0.4, 0.5) is 0 Å². The molecule has 0 heterocycles. The lowest BCUT2D eigenvalue weighted by Gasteiger charge is -2.22. The van der Waals surface area contributed by atoms with E-state index in [9.17, 15) is 0 Å². The summed E-state index contributed by atoms with van der Waals surface area (Å²) < 4.78 is 12.2. The Balaban J connectivity index is 1.99. The molecule has 143 valence electrons.